The Kier molecular flexibility index (Phi) is 12.0. The summed E-state index contributed by atoms with van der Waals surface area (Å²) in [7, 11) is 2.46. The first-order valence-corrected chi connectivity index (χ1v) is 3.48. The van der Waals surface area contributed by atoms with Gasteiger partial charge in [0.05, 0.1) is 12.2 Å². The van der Waals surface area contributed by atoms with Crippen molar-refractivity contribution in [3.63, 3.8) is 0 Å². The third-order valence-electron chi connectivity index (χ3n) is 1.04. The minimum atomic E-state index is -0.0685. The molecule has 0 heterocycles. The van der Waals surface area contributed by atoms with Crippen LogP contribution in [-0.4, -0.2) is 29.8 Å². The summed E-state index contributed by atoms with van der Waals surface area (Å²) in [6, 6.07) is 0. The van der Waals surface area contributed by atoms with Crippen LogP contribution in [-0.2, 0) is 9.16 Å². The minimum Gasteiger partial charge on any atom is -0.421 e. The fourth-order valence-electron chi connectivity index (χ4n) is 0.407. The van der Waals surface area contributed by atoms with Crippen molar-refractivity contribution >= 4 is 10.5 Å². The first-order valence-electron chi connectivity index (χ1n) is 2.66. The summed E-state index contributed by atoms with van der Waals surface area (Å²) in [6.45, 7) is 4.71. The summed E-state index contributed by atoms with van der Waals surface area (Å²) in [5, 5.41) is 0. The van der Waals surface area contributed by atoms with E-state index in [1.807, 2.05) is 13.8 Å². The maximum absolute atomic E-state index is 5.19. The van der Waals surface area contributed by atoms with Crippen LogP contribution in [0, 0.1) is 0 Å². The van der Waals surface area contributed by atoms with E-state index in [0.29, 0.717) is 6.61 Å². The van der Waals surface area contributed by atoms with E-state index in [1.165, 1.54) is 0 Å². The van der Waals surface area contributed by atoms with Crippen molar-refractivity contribution in [2.75, 3.05) is 13.7 Å². The van der Waals surface area contributed by atoms with Crippen molar-refractivity contribution in [2.24, 2.45) is 0 Å². The van der Waals surface area contributed by atoms with Crippen molar-refractivity contribution in [3.8, 4) is 0 Å². The van der Waals surface area contributed by atoms with Crippen molar-refractivity contribution < 1.29 is 9.16 Å². The molecule has 0 rings (SSSR count). The fourth-order valence-corrected chi connectivity index (χ4v) is 0.524. The van der Waals surface area contributed by atoms with Gasteiger partial charge in [-0.1, -0.05) is 14.9 Å². The van der Waals surface area contributed by atoms with E-state index in [9.17, 15) is 0 Å². The highest BCUT2D eigenvalue weighted by Crippen LogP contribution is 2.05. The molecular formula is C7H22O2Si. The van der Waals surface area contributed by atoms with Crippen LogP contribution in [0.2, 0.25) is 0 Å². The van der Waals surface area contributed by atoms with Crippen LogP contribution in [0.1, 0.15) is 28.7 Å². The lowest BCUT2D eigenvalue weighted by Crippen LogP contribution is -2.28. The van der Waals surface area contributed by atoms with E-state index >= 15 is 0 Å². The molecule has 0 aliphatic carbocycles. The van der Waals surface area contributed by atoms with Gasteiger partial charge >= 0.3 is 0 Å². The molecule has 0 fully saturated rings. The van der Waals surface area contributed by atoms with E-state index in [0.717, 1.165) is 10.5 Å². The van der Waals surface area contributed by atoms with Gasteiger partial charge in [0.25, 0.3) is 0 Å². The predicted octanol–water partition coefficient (Wildman–Crippen LogP) is 0.981. The predicted molar refractivity (Wildman–Crippen MR) is 50.4 cm³/mol. The molecule has 0 aromatic carbocycles. The second-order valence-corrected chi connectivity index (χ2v) is 2.81. The second kappa shape index (κ2) is 7.25. The molecule has 0 spiro atoms. The molecule has 0 N–H and O–H groups in total. The Morgan fingerprint density at radius 3 is 1.80 bits per heavy atom. The molecule has 0 aliphatic rings. The number of hydrogen-bond donors (Lipinski definition) is 0. The lowest BCUT2D eigenvalue weighted by molar-refractivity contribution is 0.0242. The number of methoxy groups -OCH3 is 1. The Balaban J connectivity index is -0.000000245. The Hall–Kier alpha value is 0.137. The van der Waals surface area contributed by atoms with E-state index in [4.69, 9.17) is 9.16 Å². The molecule has 2 nitrogen and oxygen atoms in total. The van der Waals surface area contributed by atoms with Gasteiger partial charge in [0.15, 0.2) is 0 Å². The molecule has 0 saturated heterocycles. The molecule has 66 valence electrons. The van der Waals surface area contributed by atoms with E-state index < -0.39 is 0 Å². The molecule has 3 heteroatoms. The fraction of sp³-hybridized carbons (Fsp3) is 1.00. The lowest BCUT2D eigenvalue weighted by Gasteiger charge is -2.21. The minimum absolute atomic E-state index is 0. The summed E-state index contributed by atoms with van der Waals surface area (Å²) >= 11 is 0. The summed E-state index contributed by atoms with van der Waals surface area (Å²) < 4.78 is 10.1. The zero-order chi connectivity index (χ0) is 6.62. The second-order valence-electron chi connectivity index (χ2n) is 2.40. The third kappa shape index (κ3) is 8.14. The largest absolute Gasteiger partial charge is 0.421 e. The molecule has 10 heavy (non-hydrogen) atoms. The lowest BCUT2D eigenvalue weighted by atomic mass is 10.2. The molecule has 0 unspecified atom stereocenters. The normalized spacial score (nSPS) is 9.90. The van der Waals surface area contributed by atoms with Gasteiger partial charge in [-0.05, 0) is 13.8 Å². The van der Waals surface area contributed by atoms with Crippen LogP contribution >= 0.6 is 0 Å². The van der Waals surface area contributed by atoms with Crippen LogP contribution < -0.4 is 0 Å². The first kappa shape index (κ1) is 16.6. The number of hydrogen-bond acceptors (Lipinski definition) is 2. The SMILES string of the molecule is C.C.COCC(C)(C)O[SiH3]. The maximum Gasteiger partial charge on any atom is 0.146 e. The van der Waals surface area contributed by atoms with Crippen molar-refractivity contribution in [3.05, 3.63) is 0 Å². The average molecular weight is 166 g/mol. The number of rotatable bonds is 3. The standard InChI is InChI=1S/C5H14O2Si.2CH4/c1-5(2,7-8)4-6-3;;/h4H2,1-3,8H3;2*1H4. The van der Waals surface area contributed by atoms with Gasteiger partial charge in [0.1, 0.15) is 10.5 Å². The highest BCUT2D eigenvalue weighted by molar-refractivity contribution is 5.98. The molecule has 0 atom stereocenters. The maximum atomic E-state index is 5.19. The van der Waals surface area contributed by atoms with Crippen LogP contribution in [0.5, 0.6) is 0 Å². The van der Waals surface area contributed by atoms with E-state index in [-0.39, 0.29) is 20.5 Å². The summed E-state index contributed by atoms with van der Waals surface area (Å²) in [5.41, 5.74) is -0.0685. The smallest absolute Gasteiger partial charge is 0.146 e. The zero-order valence-corrected chi connectivity index (χ0v) is 8.02. The quantitative estimate of drug-likeness (QED) is 0.582. The van der Waals surface area contributed by atoms with Gasteiger partial charge in [0, 0.05) is 7.11 Å². The van der Waals surface area contributed by atoms with Gasteiger partial charge in [-0.15, -0.1) is 0 Å². The summed E-state index contributed by atoms with van der Waals surface area (Å²) in [6.07, 6.45) is 0. The van der Waals surface area contributed by atoms with Crippen LogP contribution in [0.25, 0.3) is 0 Å². The van der Waals surface area contributed by atoms with Crippen LogP contribution in [0.15, 0.2) is 0 Å². The van der Waals surface area contributed by atoms with Gasteiger partial charge in [0.2, 0.25) is 0 Å². The Labute approximate surface area is 68.5 Å². The van der Waals surface area contributed by atoms with Gasteiger partial charge in [-0.2, -0.15) is 0 Å². The van der Waals surface area contributed by atoms with Gasteiger partial charge < -0.3 is 9.16 Å². The Morgan fingerprint density at radius 1 is 1.30 bits per heavy atom. The Bertz CT molecular complexity index is 64.6. The highest BCUT2D eigenvalue weighted by atomic mass is 28.2. The Morgan fingerprint density at radius 2 is 1.70 bits per heavy atom. The van der Waals surface area contributed by atoms with Crippen molar-refractivity contribution in [1.29, 1.82) is 0 Å². The molecule has 0 saturated carbocycles. The first-order chi connectivity index (χ1) is 3.62. The average Bonchev–Trinajstić information content (AvgIpc) is 1.67. The number of ether oxygens (including phenoxy) is 1. The van der Waals surface area contributed by atoms with Crippen molar-refractivity contribution in [2.45, 2.75) is 34.3 Å². The molecule has 0 aromatic heterocycles. The van der Waals surface area contributed by atoms with E-state index in [1.54, 1.807) is 7.11 Å². The topological polar surface area (TPSA) is 18.5 Å². The molecule has 0 amide bonds. The van der Waals surface area contributed by atoms with Gasteiger partial charge in [-0.25, -0.2) is 0 Å². The van der Waals surface area contributed by atoms with Crippen molar-refractivity contribution in [1.82, 2.24) is 0 Å². The summed E-state index contributed by atoms with van der Waals surface area (Å²) in [4.78, 5) is 0. The molecule has 0 aliphatic heterocycles. The molecular weight excluding hydrogens is 144 g/mol. The summed E-state index contributed by atoms with van der Waals surface area (Å²) in [5.74, 6) is 0. The molecule has 0 radical (unpaired) electrons. The van der Waals surface area contributed by atoms with Gasteiger partial charge in [-0.3, -0.25) is 0 Å². The van der Waals surface area contributed by atoms with E-state index in [2.05, 4.69) is 0 Å². The molecule has 0 bridgehead atoms. The third-order valence-corrected chi connectivity index (χ3v) is 2.15. The molecule has 0 aromatic rings. The zero-order valence-electron chi connectivity index (χ0n) is 6.02. The van der Waals surface area contributed by atoms with Crippen LogP contribution in [0.4, 0.5) is 0 Å². The van der Waals surface area contributed by atoms with Crippen LogP contribution in [0.3, 0.4) is 0 Å². The highest BCUT2D eigenvalue weighted by Gasteiger charge is 2.13. The monoisotopic (exact) mass is 166 g/mol.